The fourth-order valence-electron chi connectivity index (χ4n) is 7.73. The summed E-state index contributed by atoms with van der Waals surface area (Å²) in [7, 11) is 6.40. The van der Waals surface area contributed by atoms with Crippen molar-refractivity contribution in [2.24, 2.45) is 17.6 Å². The van der Waals surface area contributed by atoms with Gasteiger partial charge in [-0.2, -0.15) is 0 Å². The van der Waals surface area contributed by atoms with E-state index < -0.39 is 95.1 Å². The molecule has 17 heteroatoms. The second-order valence-electron chi connectivity index (χ2n) is 14.7. The number of likely N-dealkylation sites (N-methyl/N-ethyl adjacent to an activating group) is 1. The predicted molar refractivity (Wildman–Crippen MR) is 202 cm³/mol. The van der Waals surface area contributed by atoms with Crippen molar-refractivity contribution in [3.63, 3.8) is 0 Å². The van der Waals surface area contributed by atoms with Crippen molar-refractivity contribution in [1.29, 1.82) is 0 Å². The van der Waals surface area contributed by atoms with Crippen LogP contribution in [0.4, 0.5) is 16.2 Å². The van der Waals surface area contributed by atoms with Crippen LogP contribution < -0.4 is 16.0 Å². The number of primary amides is 1. The molecule has 0 bridgehead atoms. The number of aryl methyl sites for hydroxylation is 1. The van der Waals surface area contributed by atoms with Gasteiger partial charge in [-0.3, -0.25) is 29.0 Å². The number of esters is 1. The van der Waals surface area contributed by atoms with Crippen molar-refractivity contribution >= 4 is 52.6 Å². The van der Waals surface area contributed by atoms with E-state index in [1.165, 1.54) is 25.1 Å². The van der Waals surface area contributed by atoms with E-state index >= 15 is 0 Å². The van der Waals surface area contributed by atoms with Gasteiger partial charge in [0.15, 0.2) is 11.4 Å². The third-order valence-electron chi connectivity index (χ3n) is 10.5. The van der Waals surface area contributed by atoms with Gasteiger partial charge in [0, 0.05) is 37.8 Å². The van der Waals surface area contributed by atoms with Crippen molar-refractivity contribution in [2.75, 3.05) is 58.3 Å². The highest BCUT2D eigenvalue weighted by atomic mass is 16.7. The highest BCUT2D eigenvalue weighted by molar-refractivity contribution is 6.24. The van der Waals surface area contributed by atoms with Crippen molar-refractivity contribution in [1.82, 2.24) is 9.80 Å². The fourth-order valence-corrected chi connectivity index (χ4v) is 7.73. The molecule has 2 unspecified atom stereocenters. The Bertz CT molecular complexity index is 2040. The number of aliphatic hydroxyl groups excluding tert-OH is 2. The van der Waals surface area contributed by atoms with Gasteiger partial charge in [0.25, 0.3) is 5.91 Å². The maximum absolute atomic E-state index is 14.3. The molecule has 0 radical (unpaired) electrons. The Morgan fingerprint density at radius 2 is 1.68 bits per heavy atom. The van der Waals surface area contributed by atoms with E-state index in [4.69, 9.17) is 15.2 Å². The molecule has 1 fully saturated rings. The number of aliphatic hydroxyl groups is 3. The molecule has 0 heterocycles. The number of carbonyl (C=O) groups is 6. The number of benzene rings is 2. The summed E-state index contributed by atoms with van der Waals surface area (Å²) in [5.41, 5.74) is 2.95. The zero-order valence-electron chi connectivity index (χ0n) is 32.0. The summed E-state index contributed by atoms with van der Waals surface area (Å²) in [5, 5.41) is 49.0. The SMILES string of the molecule is CCCCN(CC(=O)Nc1cc(N(C)C)c2c(c1O)C(O)=C1C(=O)[C@]3(O)C(O)=C(C(N)=O)C(=O)[C@@H](N(C)C)C3CC1C2)C(=O)OCOC(=O)c1ccc(C)cc1. The van der Waals surface area contributed by atoms with Crippen molar-refractivity contribution < 1.29 is 58.7 Å². The monoisotopic (exact) mass is 777 g/mol. The van der Waals surface area contributed by atoms with Crippen molar-refractivity contribution in [3.8, 4) is 5.75 Å². The summed E-state index contributed by atoms with van der Waals surface area (Å²) in [6, 6.07) is 6.83. The van der Waals surface area contributed by atoms with Crippen LogP contribution in [0.25, 0.3) is 5.76 Å². The number of nitrogens with two attached hydrogens (primary N) is 1. The lowest BCUT2D eigenvalue weighted by Gasteiger charge is -2.50. The molecule has 2 aromatic carbocycles. The number of phenols is 1. The standard InChI is InChI=1S/C39H47N5O12/c1-7-8-13-44(38(53)56-18-55-37(52)20-11-9-19(2)10-12-20)17-26(45)41-24-16-25(42(3)4)22-14-21-15-23-30(43(5)6)33(48)29(36(40)51)35(50)39(23,54)34(49)27(21)32(47)28(22)31(24)46/h9-12,16,21,23,30,46-47,50,54H,7-8,13-15,17-18H2,1-6H3,(H2,40,51)(H,41,45)/t21?,23?,30-,39-/m0/s1. The minimum Gasteiger partial charge on any atom is -0.508 e. The summed E-state index contributed by atoms with van der Waals surface area (Å²) in [6.07, 6.45) is 0.173. The maximum Gasteiger partial charge on any atom is 0.413 e. The quantitative estimate of drug-likeness (QED) is 0.0784. The van der Waals surface area contributed by atoms with Crippen LogP contribution >= 0.6 is 0 Å². The van der Waals surface area contributed by atoms with Gasteiger partial charge in [-0.25, -0.2) is 9.59 Å². The van der Waals surface area contributed by atoms with Gasteiger partial charge in [0.05, 0.1) is 22.9 Å². The Balaban J connectivity index is 1.43. The number of rotatable bonds is 12. The molecule has 7 N–H and O–H groups in total. The average Bonchev–Trinajstić information content (AvgIpc) is 3.12. The van der Waals surface area contributed by atoms with Crippen LogP contribution in [0, 0.1) is 18.8 Å². The number of phenolic OH excluding ortho intramolecular Hbond substituents is 1. The number of hydrogen-bond acceptors (Lipinski definition) is 14. The minimum absolute atomic E-state index is 0.0367. The summed E-state index contributed by atoms with van der Waals surface area (Å²) in [5.74, 6) is -9.45. The number of amides is 3. The fraction of sp³-hybridized carbons (Fsp3) is 0.436. The zero-order chi connectivity index (χ0) is 41.4. The number of carbonyl (C=O) groups excluding carboxylic acids is 6. The van der Waals surface area contributed by atoms with Gasteiger partial charge in [-0.05, 0) is 70.0 Å². The van der Waals surface area contributed by atoms with Crippen LogP contribution in [0.15, 0.2) is 47.2 Å². The highest BCUT2D eigenvalue weighted by Crippen LogP contribution is 2.54. The number of unbranched alkanes of at least 4 members (excludes halogenated alkanes) is 1. The van der Waals surface area contributed by atoms with Crippen LogP contribution in [0.5, 0.6) is 5.75 Å². The zero-order valence-corrected chi connectivity index (χ0v) is 32.0. The molecule has 0 saturated heterocycles. The molecular formula is C39H47N5O12. The molecular weight excluding hydrogens is 730 g/mol. The Hall–Kier alpha value is -5.94. The van der Waals surface area contributed by atoms with E-state index in [1.807, 2.05) is 13.8 Å². The number of aromatic hydroxyl groups is 1. The van der Waals surface area contributed by atoms with Crippen LogP contribution in [-0.2, 0) is 35.1 Å². The average molecular weight is 778 g/mol. The van der Waals surface area contributed by atoms with Gasteiger partial charge in [0.1, 0.15) is 29.4 Å². The van der Waals surface area contributed by atoms with Crippen molar-refractivity contribution in [2.45, 2.75) is 51.2 Å². The Morgan fingerprint density at radius 1 is 1.02 bits per heavy atom. The van der Waals surface area contributed by atoms with E-state index in [9.17, 15) is 49.2 Å². The molecule has 300 valence electrons. The second kappa shape index (κ2) is 16.0. The largest absolute Gasteiger partial charge is 0.508 e. The Labute approximate surface area is 322 Å². The first-order valence-corrected chi connectivity index (χ1v) is 18.0. The van der Waals surface area contributed by atoms with E-state index in [0.717, 1.165) is 10.5 Å². The number of hydrogen-bond donors (Lipinski definition) is 6. The lowest BCUT2D eigenvalue weighted by atomic mass is 9.57. The van der Waals surface area contributed by atoms with Crippen molar-refractivity contribution in [3.05, 3.63) is 69.5 Å². The molecule has 17 nitrogen and oxygen atoms in total. The number of Topliss-reactive ketones (excluding diaryl/α,β-unsaturated/α-hetero) is 2. The summed E-state index contributed by atoms with van der Waals surface area (Å²) < 4.78 is 10.2. The van der Waals surface area contributed by atoms with E-state index in [2.05, 4.69) is 5.32 Å². The Kier molecular flexibility index (Phi) is 11.8. The van der Waals surface area contributed by atoms with Gasteiger partial charge < -0.3 is 45.9 Å². The van der Waals surface area contributed by atoms with E-state index in [1.54, 1.807) is 43.3 Å². The third kappa shape index (κ3) is 7.38. The van der Waals surface area contributed by atoms with Gasteiger partial charge in [-0.15, -0.1) is 0 Å². The topological polar surface area (TPSA) is 250 Å². The first-order chi connectivity index (χ1) is 26.3. The first kappa shape index (κ1) is 41.2. The Morgan fingerprint density at radius 3 is 2.27 bits per heavy atom. The van der Waals surface area contributed by atoms with Crippen LogP contribution in [0.3, 0.4) is 0 Å². The normalized spacial score (nSPS) is 21.5. The third-order valence-corrected chi connectivity index (χ3v) is 10.5. The number of fused-ring (bicyclic) bond motifs is 3. The van der Waals surface area contributed by atoms with Crippen LogP contribution in [0.1, 0.15) is 53.2 Å². The van der Waals surface area contributed by atoms with E-state index in [-0.39, 0.29) is 41.8 Å². The molecule has 3 amide bonds. The predicted octanol–water partition coefficient (Wildman–Crippen LogP) is 2.33. The molecule has 56 heavy (non-hydrogen) atoms. The molecule has 3 aliphatic carbocycles. The number of nitrogens with zero attached hydrogens (tertiary/aromatic N) is 3. The van der Waals surface area contributed by atoms with Crippen LogP contribution in [-0.4, -0.2) is 125 Å². The molecule has 2 aromatic rings. The number of ether oxygens (including phenoxy) is 2. The molecule has 0 spiro atoms. The van der Waals surface area contributed by atoms with Gasteiger partial charge >= 0.3 is 12.1 Å². The summed E-state index contributed by atoms with van der Waals surface area (Å²) in [4.78, 5) is 82.9. The van der Waals surface area contributed by atoms with Gasteiger partial charge in [-0.1, -0.05) is 31.0 Å². The van der Waals surface area contributed by atoms with Gasteiger partial charge in [0.2, 0.25) is 18.5 Å². The number of nitrogens with one attached hydrogen (secondary N) is 1. The minimum atomic E-state index is -2.81. The molecule has 1 saturated carbocycles. The first-order valence-electron chi connectivity index (χ1n) is 18.0. The molecule has 0 aliphatic heterocycles. The highest BCUT2D eigenvalue weighted by Gasteiger charge is 2.64. The summed E-state index contributed by atoms with van der Waals surface area (Å²) >= 11 is 0. The van der Waals surface area contributed by atoms with Crippen LogP contribution in [0.2, 0.25) is 0 Å². The lowest BCUT2D eigenvalue weighted by molar-refractivity contribution is -0.153. The lowest BCUT2D eigenvalue weighted by Crippen LogP contribution is -2.65. The molecule has 5 rings (SSSR count). The van der Waals surface area contributed by atoms with E-state index in [0.29, 0.717) is 24.1 Å². The number of ketones is 2. The maximum atomic E-state index is 14.3. The second-order valence-corrected chi connectivity index (χ2v) is 14.7. The smallest absolute Gasteiger partial charge is 0.413 e. The summed E-state index contributed by atoms with van der Waals surface area (Å²) in [6.45, 7) is 2.59. The molecule has 3 aliphatic rings. The molecule has 4 atom stereocenters. The molecule has 0 aromatic heterocycles. The number of anilines is 2.